The van der Waals surface area contributed by atoms with Gasteiger partial charge in [0.2, 0.25) is 0 Å². The SMILES string of the molecule is CC(NC1CC(C)N(C2CC2)C1)c1ccccc1Cl. The standard InChI is InChI=1S/C16H23ClN2/c1-11-9-13(10-19(11)14-7-8-14)18-12(2)15-5-3-4-6-16(15)17/h3-6,11-14,18H,7-10H2,1-2H3. The molecule has 0 radical (unpaired) electrons. The van der Waals surface area contributed by atoms with E-state index >= 15 is 0 Å². The van der Waals surface area contributed by atoms with Gasteiger partial charge in [-0.05, 0) is 44.7 Å². The summed E-state index contributed by atoms with van der Waals surface area (Å²) < 4.78 is 0. The van der Waals surface area contributed by atoms with Gasteiger partial charge in [-0.25, -0.2) is 0 Å². The van der Waals surface area contributed by atoms with Crippen molar-refractivity contribution in [2.45, 2.75) is 57.3 Å². The Labute approximate surface area is 121 Å². The Kier molecular flexibility index (Phi) is 3.84. The first-order valence-corrected chi connectivity index (χ1v) is 7.79. The van der Waals surface area contributed by atoms with Crippen molar-refractivity contribution in [3.63, 3.8) is 0 Å². The molecule has 2 nitrogen and oxygen atoms in total. The van der Waals surface area contributed by atoms with Crippen LogP contribution in [0.25, 0.3) is 0 Å². The van der Waals surface area contributed by atoms with Gasteiger partial charge >= 0.3 is 0 Å². The minimum atomic E-state index is 0.324. The van der Waals surface area contributed by atoms with Crippen LogP contribution < -0.4 is 5.32 Å². The number of benzene rings is 1. The highest BCUT2D eigenvalue weighted by Crippen LogP contribution is 2.34. The first-order valence-electron chi connectivity index (χ1n) is 7.41. The zero-order valence-corrected chi connectivity index (χ0v) is 12.5. The predicted octanol–water partition coefficient (Wildman–Crippen LogP) is 3.62. The zero-order valence-electron chi connectivity index (χ0n) is 11.8. The summed E-state index contributed by atoms with van der Waals surface area (Å²) in [5.74, 6) is 0. The van der Waals surface area contributed by atoms with E-state index in [2.05, 4.69) is 36.2 Å². The van der Waals surface area contributed by atoms with E-state index in [-0.39, 0.29) is 0 Å². The smallest absolute Gasteiger partial charge is 0.0453 e. The van der Waals surface area contributed by atoms with Gasteiger partial charge in [0, 0.05) is 35.7 Å². The number of nitrogens with one attached hydrogen (secondary N) is 1. The summed E-state index contributed by atoms with van der Waals surface area (Å²) >= 11 is 6.27. The van der Waals surface area contributed by atoms with Crippen LogP contribution in [0.2, 0.25) is 5.02 Å². The molecule has 104 valence electrons. The molecule has 1 N–H and O–H groups in total. The number of rotatable bonds is 4. The second-order valence-electron chi connectivity index (χ2n) is 6.12. The molecular formula is C16H23ClN2. The summed E-state index contributed by atoms with van der Waals surface area (Å²) in [5.41, 5.74) is 1.21. The second kappa shape index (κ2) is 5.43. The number of hydrogen-bond acceptors (Lipinski definition) is 2. The Morgan fingerprint density at radius 2 is 2.05 bits per heavy atom. The molecule has 19 heavy (non-hydrogen) atoms. The first-order chi connectivity index (χ1) is 9.15. The Bertz CT molecular complexity index is 444. The molecule has 1 saturated heterocycles. The van der Waals surface area contributed by atoms with Gasteiger partial charge < -0.3 is 5.32 Å². The van der Waals surface area contributed by atoms with Crippen LogP contribution in [0.5, 0.6) is 0 Å². The molecule has 3 unspecified atom stereocenters. The normalized spacial score (nSPS) is 29.6. The van der Waals surface area contributed by atoms with Crippen LogP contribution >= 0.6 is 11.6 Å². The third-order valence-corrected chi connectivity index (χ3v) is 4.84. The van der Waals surface area contributed by atoms with Crippen molar-refractivity contribution >= 4 is 11.6 Å². The summed E-state index contributed by atoms with van der Waals surface area (Å²) in [6.45, 7) is 5.77. The van der Waals surface area contributed by atoms with Gasteiger partial charge in [-0.1, -0.05) is 29.8 Å². The molecule has 1 heterocycles. The maximum absolute atomic E-state index is 6.27. The topological polar surface area (TPSA) is 15.3 Å². The molecule has 2 fully saturated rings. The average Bonchev–Trinajstić information content (AvgIpc) is 3.15. The van der Waals surface area contributed by atoms with Crippen LogP contribution in [0.3, 0.4) is 0 Å². The lowest BCUT2D eigenvalue weighted by Gasteiger charge is -2.22. The average molecular weight is 279 g/mol. The summed E-state index contributed by atoms with van der Waals surface area (Å²) in [7, 11) is 0. The highest BCUT2D eigenvalue weighted by molar-refractivity contribution is 6.31. The Balaban J connectivity index is 1.61. The van der Waals surface area contributed by atoms with E-state index in [0.717, 1.165) is 17.1 Å². The molecule has 2 aliphatic rings. The van der Waals surface area contributed by atoms with Crippen molar-refractivity contribution in [1.29, 1.82) is 0 Å². The fraction of sp³-hybridized carbons (Fsp3) is 0.625. The third-order valence-electron chi connectivity index (χ3n) is 4.50. The van der Waals surface area contributed by atoms with Gasteiger partial charge in [-0.15, -0.1) is 0 Å². The molecule has 0 aromatic heterocycles. The maximum atomic E-state index is 6.27. The number of nitrogens with zero attached hydrogens (tertiary/aromatic N) is 1. The van der Waals surface area contributed by atoms with Crippen LogP contribution in [0.1, 0.15) is 44.7 Å². The molecule has 1 aliphatic heterocycles. The fourth-order valence-corrected chi connectivity index (χ4v) is 3.66. The largest absolute Gasteiger partial charge is 0.306 e. The first kappa shape index (κ1) is 13.4. The Morgan fingerprint density at radius 3 is 2.74 bits per heavy atom. The lowest BCUT2D eigenvalue weighted by Crippen LogP contribution is -2.35. The molecule has 1 aromatic carbocycles. The monoisotopic (exact) mass is 278 g/mol. The van der Waals surface area contributed by atoms with E-state index < -0.39 is 0 Å². The number of hydrogen-bond donors (Lipinski definition) is 1. The molecule has 3 atom stereocenters. The minimum Gasteiger partial charge on any atom is -0.306 e. The molecule has 3 rings (SSSR count). The van der Waals surface area contributed by atoms with Crippen molar-refractivity contribution in [3.8, 4) is 0 Å². The fourth-order valence-electron chi connectivity index (χ4n) is 3.36. The summed E-state index contributed by atoms with van der Waals surface area (Å²) in [6, 6.07) is 10.7. The van der Waals surface area contributed by atoms with E-state index in [0.29, 0.717) is 12.1 Å². The van der Waals surface area contributed by atoms with E-state index in [1.54, 1.807) is 0 Å². The van der Waals surface area contributed by atoms with Gasteiger partial charge in [-0.3, -0.25) is 4.90 Å². The molecule has 1 saturated carbocycles. The zero-order chi connectivity index (χ0) is 13.4. The summed E-state index contributed by atoms with van der Waals surface area (Å²) in [4.78, 5) is 2.68. The second-order valence-corrected chi connectivity index (χ2v) is 6.53. The molecule has 0 amide bonds. The molecule has 0 spiro atoms. The van der Waals surface area contributed by atoms with Crippen LogP contribution in [0.15, 0.2) is 24.3 Å². The maximum Gasteiger partial charge on any atom is 0.0453 e. The molecule has 1 aliphatic carbocycles. The molecule has 0 bridgehead atoms. The quantitative estimate of drug-likeness (QED) is 0.905. The van der Waals surface area contributed by atoms with Crippen molar-refractivity contribution in [2.75, 3.05) is 6.54 Å². The summed E-state index contributed by atoms with van der Waals surface area (Å²) in [5, 5.41) is 4.62. The number of halogens is 1. The predicted molar refractivity (Wildman–Crippen MR) is 80.6 cm³/mol. The van der Waals surface area contributed by atoms with Gasteiger partial charge in [0.15, 0.2) is 0 Å². The lowest BCUT2D eigenvalue weighted by molar-refractivity contribution is 0.254. The van der Waals surface area contributed by atoms with Crippen LogP contribution in [0, 0.1) is 0 Å². The molecular weight excluding hydrogens is 256 g/mol. The van der Waals surface area contributed by atoms with E-state index in [9.17, 15) is 0 Å². The minimum absolute atomic E-state index is 0.324. The van der Waals surface area contributed by atoms with Crippen molar-refractivity contribution < 1.29 is 0 Å². The highest BCUT2D eigenvalue weighted by Gasteiger charge is 2.38. The lowest BCUT2D eigenvalue weighted by atomic mass is 10.1. The van der Waals surface area contributed by atoms with E-state index in [1.807, 2.05) is 12.1 Å². The van der Waals surface area contributed by atoms with Crippen molar-refractivity contribution in [1.82, 2.24) is 10.2 Å². The van der Waals surface area contributed by atoms with Gasteiger partial charge in [-0.2, -0.15) is 0 Å². The molecule has 3 heteroatoms. The Morgan fingerprint density at radius 1 is 1.32 bits per heavy atom. The van der Waals surface area contributed by atoms with Crippen molar-refractivity contribution in [3.05, 3.63) is 34.9 Å². The van der Waals surface area contributed by atoms with Crippen LogP contribution in [-0.2, 0) is 0 Å². The van der Waals surface area contributed by atoms with Gasteiger partial charge in [0.1, 0.15) is 0 Å². The third kappa shape index (κ3) is 2.96. The van der Waals surface area contributed by atoms with E-state index in [1.165, 1.54) is 31.4 Å². The van der Waals surface area contributed by atoms with Crippen LogP contribution in [0.4, 0.5) is 0 Å². The van der Waals surface area contributed by atoms with Crippen molar-refractivity contribution in [2.24, 2.45) is 0 Å². The molecule has 1 aromatic rings. The Hall–Kier alpha value is -0.570. The van der Waals surface area contributed by atoms with Gasteiger partial charge in [0.05, 0.1) is 0 Å². The van der Waals surface area contributed by atoms with Gasteiger partial charge in [0.25, 0.3) is 0 Å². The summed E-state index contributed by atoms with van der Waals surface area (Å²) in [6.07, 6.45) is 4.06. The van der Waals surface area contributed by atoms with E-state index in [4.69, 9.17) is 11.6 Å². The highest BCUT2D eigenvalue weighted by atomic mass is 35.5. The van der Waals surface area contributed by atoms with Crippen LogP contribution in [-0.4, -0.2) is 29.6 Å². The number of likely N-dealkylation sites (tertiary alicyclic amines) is 1.